The predicted octanol–water partition coefficient (Wildman–Crippen LogP) is 16.6. The molecule has 7 saturated heterocycles. The Bertz CT molecular complexity index is 4640. The summed E-state index contributed by atoms with van der Waals surface area (Å²) in [7, 11) is 0. The molecular weight excluding hydrogens is 1690 g/mol. The lowest BCUT2D eigenvalue weighted by molar-refractivity contribution is -0.127. The van der Waals surface area contributed by atoms with Crippen LogP contribution in [0.4, 0.5) is 4.39 Å². The van der Waals surface area contributed by atoms with E-state index in [1.165, 1.54) is 84.0 Å². The van der Waals surface area contributed by atoms with Crippen molar-refractivity contribution in [2.24, 2.45) is 5.41 Å². The maximum atomic E-state index is 13.3. The number of benzene rings is 7. The van der Waals surface area contributed by atoms with Crippen molar-refractivity contribution < 1.29 is 71.1 Å². The van der Waals surface area contributed by atoms with Crippen molar-refractivity contribution in [2.75, 3.05) is 92.1 Å². The number of nitrogens with zero attached hydrogens (tertiary/aromatic N) is 7. The third kappa shape index (κ3) is 22.4. The van der Waals surface area contributed by atoms with E-state index in [1.807, 2.05) is 39.0 Å². The van der Waals surface area contributed by atoms with Crippen molar-refractivity contribution in [3.05, 3.63) is 244 Å². The van der Waals surface area contributed by atoms with E-state index in [9.17, 15) is 38.0 Å². The zero-order chi connectivity index (χ0) is 89.6. The van der Waals surface area contributed by atoms with Gasteiger partial charge in [0.1, 0.15) is 89.9 Å². The van der Waals surface area contributed by atoms with E-state index in [0.29, 0.717) is 97.0 Å². The van der Waals surface area contributed by atoms with Crippen LogP contribution in [0.25, 0.3) is 0 Å². The summed E-state index contributed by atoms with van der Waals surface area (Å²) in [5.74, 6) is 1.48. The number of halogens is 3. The summed E-state index contributed by atoms with van der Waals surface area (Å²) in [5.41, 5.74) is 20.2. The standard InChI is InChI=1S/C17H23NO2.2C15H19NO2.C14H16BrNO2.C14H16ClNO2.C14H16FNO2.C14H17NO2/c1-17(2,3)15(19)10-13-11-20-16-14-7-5-4-6-12(14)8-9-18(13)16;2*1-10-3-4-12-5-6-16-13(8-11(2)17)9-18-15(16)14(12)7-10;3*1-9(17)6-12-8-18-14-13-7-11(15)3-2-10(13)4-5-16(12)14;1-10(16)8-12-9-17-14-13-5-3-2-4-11(13)6-7-15(12)14/h4-7,13,16H,8-11H2,1-3H3;2*3-4,7,13,15H,5-6,8-9H2,1-2H3;3*2-3,7,12,14H,4-6,8H2,1H3;2-5,12,14H,6-9H2,1H3/t13-,16+;2*13-,15+;4*12-,14+/m1111111/s1. The van der Waals surface area contributed by atoms with Crippen LogP contribution in [0.3, 0.4) is 0 Å². The summed E-state index contributed by atoms with van der Waals surface area (Å²) in [6, 6.07) is 49.1. The second-order valence-corrected chi connectivity index (χ2v) is 39.3. The summed E-state index contributed by atoms with van der Waals surface area (Å²) in [4.78, 5) is 96.1. The maximum Gasteiger partial charge on any atom is 0.139 e. The van der Waals surface area contributed by atoms with Gasteiger partial charge in [0, 0.05) is 159 Å². The van der Waals surface area contributed by atoms with Crippen LogP contribution in [-0.4, -0.2) is 209 Å². The largest absolute Gasteiger partial charge is 0.357 e. The van der Waals surface area contributed by atoms with Gasteiger partial charge in [-0.1, -0.05) is 163 Å². The van der Waals surface area contributed by atoms with Crippen LogP contribution < -0.4 is 0 Å². The second kappa shape index (κ2) is 41.9. The summed E-state index contributed by atoms with van der Waals surface area (Å²) >= 11 is 9.57. The van der Waals surface area contributed by atoms with Crippen LogP contribution in [0.1, 0.15) is 240 Å². The molecule has 0 amide bonds. The third-order valence-electron chi connectivity index (χ3n) is 27.3. The first kappa shape index (κ1) is 94.0. The minimum Gasteiger partial charge on any atom is -0.357 e. The highest BCUT2D eigenvalue weighted by Gasteiger charge is 2.47. The van der Waals surface area contributed by atoms with Crippen LogP contribution in [0.2, 0.25) is 5.02 Å². The lowest BCUT2D eigenvalue weighted by atomic mass is 9.86. The molecule has 7 aromatic carbocycles. The number of hydrogen-bond acceptors (Lipinski definition) is 21. The van der Waals surface area contributed by atoms with Crippen molar-refractivity contribution >= 4 is 68.0 Å². The van der Waals surface area contributed by atoms with E-state index >= 15 is 0 Å². The Morgan fingerprint density at radius 1 is 0.323 bits per heavy atom. The van der Waals surface area contributed by atoms with Crippen molar-refractivity contribution in [3.63, 3.8) is 0 Å². The Balaban J connectivity index is 0.000000114. The minimum absolute atomic E-state index is 0.0169. The van der Waals surface area contributed by atoms with Gasteiger partial charge in [-0.25, -0.2) is 4.39 Å². The topological polar surface area (TPSA) is 207 Å². The van der Waals surface area contributed by atoms with Gasteiger partial charge >= 0.3 is 0 Å². The van der Waals surface area contributed by atoms with E-state index < -0.39 is 0 Å². The molecule has 0 radical (unpaired) electrons. The zero-order valence-corrected chi connectivity index (χ0v) is 78.0. The van der Waals surface area contributed by atoms with Crippen LogP contribution >= 0.6 is 27.5 Å². The highest BCUT2D eigenvalue weighted by Crippen LogP contribution is 2.46. The lowest BCUT2D eigenvalue weighted by Gasteiger charge is -2.34. The van der Waals surface area contributed by atoms with Gasteiger partial charge in [-0.3, -0.25) is 67.9 Å². The minimum atomic E-state index is -0.258. The van der Waals surface area contributed by atoms with E-state index in [0.717, 1.165) is 111 Å². The molecule has 678 valence electrons. The third-order valence-corrected chi connectivity index (χ3v) is 28.0. The molecule has 0 unspecified atom stereocenters. The fourth-order valence-electron chi connectivity index (χ4n) is 21.0. The van der Waals surface area contributed by atoms with Crippen molar-refractivity contribution in [3.8, 4) is 0 Å². The monoisotopic (exact) mass is 1820 g/mol. The normalized spacial score (nSPS) is 26.8. The van der Waals surface area contributed by atoms with Crippen LogP contribution in [0.15, 0.2) is 144 Å². The molecule has 7 fully saturated rings. The molecule has 0 aromatic heterocycles. The molecule has 0 spiro atoms. The highest BCUT2D eigenvalue weighted by molar-refractivity contribution is 9.10. The first-order valence-electron chi connectivity index (χ1n) is 45.8. The van der Waals surface area contributed by atoms with E-state index in [4.69, 9.17) is 44.8 Å². The van der Waals surface area contributed by atoms with E-state index in [2.05, 4.69) is 173 Å². The van der Waals surface area contributed by atoms with Crippen LogP contribution in [-0.2, 0) is 112 Å². The molecule has 21 nitrogen and oxygen atoms in total. The molecule has 24 heteroatoms. The van der Waals surface area contributed by atoms with E-state index in [-0.39, 0.29) is 132 Å². The van der Waals surface area contributed by atoms with Gasteiger partial charge in [0.15, 0.2) is 0 Å². The van der Waals surface area contributed by atoms with Crippen LogP contribution in [0, 0.1) is 25.1 Å². The van der Waals surface area contributed by atoms with Crippen LogP contribution in [0.5, 0.6) is 0 Å². The number of carbonyl (C=O) groups excluding carboxylic acids is 7. The first-order chi connectivity index (χ1) is 61.0. The fourth-order valence-corrected chi connectivity index (χ4v) is 21.5. The summed E-state index contributed by atoms with van der Waals surface area (Å²) in [6.07, 6.45) is 11.4. The Hall–Kier alpha value is -7.63. The molecule has 14 heterocycles. The number of ketones is 7. The smallest absolute Gasteiger partial charge is 0.139 e. The average molecular weight is 1820 g/mol. The molecule has 0 N–H and O–H groups in total. The SMILES string of the molecule is CC(=O)C[C@@H]1CO[C@H]2c3cc(Br)ccc3CCN12.CC(=O)C[C@@H]1CO[C@H]2c3cc(C)ccc3CCN12.CC(=O)C[C@@H]1CO[C@H]2c3cc(C)ccc3CCN12.CC(=O)C[C@@H]1CO[C@H]2c3cc(Cl)ccc3CCN12.CC(=O)C[C@@H]1CO[C@H]2c3cc(F)ccc3CCN12.CC(=O)C[C@@H]1CO[C@H]2c3ccccc3CCN12.CC(C)(C)C(=O)C[C@@H]1CO[C@H]2c3ccccc3CCN12. The van der Waals surface area contributed by atoms with Gasteiger partial charge in [0.25, 0.3) is 0 Å². The van der Waals surface area contributed by atoms with Gasteiger partial charge < -0.3 is 33.2 Å². The first-order valence-corrected chi connectivity index (χ1v) is 46.9. The molecule has 14 atom stereocenters. The summed E-state index contributed by atoms with van der Waals surface area (Å²) in [5, 5.41) is 0.745. The lowest BCUT2D eigenvalue weighted by Crippen LogP contribution is -2.40. The molecule has 14 aliphatic heterocycles. The predicted molar refractivity (Wildman–Crippen MR) is 488 cm³/mol. The van der Waals surface area contributed by atoms with Crippen molar-refractivity contribution in [1.82, 2.24) is 34.3 Å². The summed E-state index contributed by atoms with van der Waals surface area (Å²) in [6.45, 7) is 31.4. The number of fused-ring (bicyclic) bond motifs is 21. The Kier molecular flexibility index (Phi) is 31.0. The molecule has 127 heavy (non-hydrogen) atoms. The Morgan fingerprint density at radius 3 is 0.874 bits per heavy atom. The zero-order valence-electron chi connectivity index (χ0n) is 75.6. The van der Waals surface area contributed by atoms with Gasteiger partial charge in [0.05, 0.1) is 46.2 Å². The second-order valence-electron chi connectivity index (χ2n) is 37.9. The molecule has 21 rings (SSSR count). The number of rotatable bonds is 14. The van der Waals surface area contributed by atoms with Gasteiger partial charge in [-0.15, -0.1) is 0 Å². The molecule has 7 aromatic rings. The number of Topliss-reactive ketones (excluding diaryl/α,β-unsaturated/α-hetero) is 7. The number of hydrogen-bond donors (Lipinski definition) is 0. The average Bonchev–Trinajstić information content (AvgIpc) is 1.70. The molecule has 0 saturated carbocycles. The molecule has 0 bridgehead atoms. The van der Waals surface area contributed by atoms with E-state index in [1.54, 1.807) is 47.6 Å². The fraction of sp³-hybridized carbons (Fsp3) is 0.524. The Morgan fingerprint density at radius 2 is 0.567 bits per heavy atom. The Labute approximate surface area is 762 Å². The quantitative estimate of drug-likeness (QED) is 0.0992. The number of aryl methyl sites for hydroxylation is 2. The van der Waals surface area contributed by atoms with Crippen molar-refractivity contribution in [2.45, 2.75) is 252 Å². The van der Waals surface area contributed by atoms with Gasteiger partial charge in [0.2, 0.25) is 0 Å². The van der Waals surface area contributed by atoms with Gasteiger partial charge in [-0.2, -0.15) is 0 Å². The maximum absolute atomic E-state index is 13.3. The number of ether oxygens (including phenoxy) is 7. The molecular formula is C103H126BrClFN7O14. The highest BCUT2D eigenvalue weighted by atomic mass is 79.9. The van der Waals surface area contributed by atoms with Crippen molar-refractivity contribution in [1.29, 1.82) is 0 Å². The summed E-state index contributed by atoms with van der Waals surface area (Å²) < 4.78 is 55.7. The van der Waals surface area contributed by atoms with Gasteiger partial charge in [-0.05, 0) is 203 Å². The number of carbonyl (C=O) groups is 7. The molecule has 14 aliphatic rings. The molecule has 0 aliphatic carbocycles.